The van der Waals surface area contributed by atoms with Crippen molar-refractivity contribution in [1.29, 1.82) is 0 Å². The number of methoxy groups -OCH3 is 1. The molecule has 108 valence electrons. The monoisotopic (exact) mass is 287 g/mol. The Morgan fingerprint density at radius 1 is 1.14 bits per heavy atom. The Hall–Kier alpha value is -2.89. The lowest BCUT2D eigenvalue weighted by molar-refractivity contribution is -0.385. The number of hydrogen-bond donors (Lipinski definition) is 0. The van der Waals surface area contributed by atoms with Crippen LogP contribution in [-0.2, 0) is 11.3 Å². The third kappa shape index (κ3) is 3.36. The Balaban J connectivity index is 2.21. The van der Waals surface area contributed by atoms with Crippen LogP contribution in [0.5, 0.6) is 5.75 Å². The molecule has 0 radical (unpaired) electrons. The van der Waals surface area contributed by atoms with Gasteiger partial charge in [-0.3, -0.25) is 10.1 Å². The van der Waals surface area contributed by atoms with E-state index in [4.69, 9.17) is 4.74 Å². The largest absolute Gasteiger partial charge is 0.482 e. The molecule has 0 saturated carbocycles. The van der Waals surface area contributed by atoms with E-state index in [-0.39, 0.29) is 18.0 Å². The fourth-order valence-electron chi connectivity index (χ4n) is 1.84. The second-order valence-corrected chi connectivity index (χ2v) is 4.16. The quantitative estimate of drug-likeness (QED) is 0.480. The molecule has 0 aliphatic rings. The van der Waals surface area contributed by atoms with Gasteiger partial charge in [0.25, 0.3) is 0 Å². The average molecular weight is 287 g/mol. The van der Waals surface area contributed by atoms with Gasteiger partial charge in [0.15, 0.2) is 5.75 Å². The number of nitrogens with zero attached hydrogens (tertiary/aromatic N) is 1. The van der Waals surface area contributed by atoms with E-state index in [0.717, 1.165) is 0 Å². The minimum atomic E-state index is -0.512. The zero-order valence-corrected chi connectivity index (χ0v) is 11.3. The highest BCUT2D eigenvalue weighted by molar-refractivity contribution is 5.90. The maximum absolute atomic E-state index is 11.6. The zero-order chi connectivity index (χ0) is 15.2. The van der Waals surface area contributed by atoms with Crippen molar-refractivity contribution in [3.05, 3.63) is 69.8 Å². The Bertz CT molecular complexity index is 669. The Morgan fingerprint density at radius 3 is 2.52 bits per heavy atom. The molecule has 21 heavy (non-hydrogen) atoms. The van der Waals surface area contributed by atoms with Crippen LogP contribution in [0.15, 0.2) is 48.5 Å². The number of carbonyl (C=O) groups is 1. The number of ether oxygens (including phenoxy) is 2. The van der Waals surface area contributed by atoms with E-state index in [0.29, 0.717) is 11.1 Å². The normalized spacial score (nSPS) is 9.95. The van der Waals surface area contributed by atoms with Crippen molar-refractivity contribution in [3.63, 3.8) is 0 Å². The van der Waals surface area contributed by atoms with E-state index in [2.05, 4.69) is 4.74 Å². The molecule has 0 aromatic heterocycles. The van der Waals surface area contributed by atoms with Gasteiger partial charge in [0, 0.05) is 11.6 Å². The summed E-state index contributed by atoms with van der Waals surface area (Å²) >= 11 is 0. The number of para-hydroxylation sites is 2. The number of nitro groups is 1. The summed E-state index contributed by atoms with van der Waals surface area (Å²) in [5.74, 6) is -0.320. The van der Waals surface area contributed by atoms with Gasteiger partial charge in [-0.2, -0.15) is 0 Å². The molecule has 0 fully saturated rings. The van der Waals surface area contributed by atoms with Crippen LogP contribution in [0.4, 0.5) is 5.69 Å². The minimum Gasteiger partial charge on any atom is -0.482 e. The molecule has 0 bridgehead atoms. The highest BCUT2D eigenvalue weighted by atomic mass is 16.6. The molecule has 0 unspecified atom stereocenters. The van der Waals surface area contributed by atoms with Crippen molar-refractivity contribution in [1.82, 2.24) is 0 Å². The first-order valence-electron chi connectivity index (χ1n) is 6.16. The van der Waals surface area contributed by atoms with Crippen molar-refractivity contribution in [2.45, 2.75) is 6.61 Å². The highest BCUT2D eigenvalue weighted by Crippen LogP contribution is 2.27. The van der Waals surface area contributed by atoms with Crippen molar-refractivity contribution in [2.24, 2.45) is 0 Å². The number of carbonyl (C=O) groups excluding carboxylic acids is 1. The molecule has 2 rings (SSSR count). The average Bonchev–Trinajstić information content (AvgIpc) is 2.52. The molecule has 0 heterocycles. The SMILES string of the molecule is COC(=O)c1ccccc1COc1ccccc1[N+](=O)[O-]. The van der Waals surface area contributed by atoms with Crippen LogP contribution in [0.3, 0.4) is 0 Å². The molecule has 0 atom stereocenters. The van der Waals surface area contributed by atoms with Crippen LogP contribution in [0.25, 0.3) is 0 Å². The Kier molecular flexibility index (Phi) is 4.50. The summed E-state index contributed by atoms with van der Waals surface area (Å²) in [6.45, 7) is 0.0378. The Labute approximate surface area is 121 Å². The van der Waals surface area contributed by atoms with E-state index < -0.39 is 10.9 Å². The number of nitro benzene ring substituents is 1. The first-order chi connectivity index (χ1) is 10.1. The van der Waals surface area contributed by atoms with Crippen LogP contribution in [0.2, 0.25) is 0 Å². The van der Waals surface area contributed by atoms with Gasteiger partial charge in [0.1, 0.15) is 6.61 Å². The lowest BCUT2D eigenvalue weighted by Crippen LogP contribution is -2.08. The highest BCUT2D eigenvalue weighted by Gasteiger charge is 2.16. The van der Waals surface area contributed by atoms with E-state index >= 15 is 0 Å². The van der Waals surface area contributed by atoms with Gasteiger partial charge < -0.3 is 9.47 Å². The van der Waals surface area contributed by atoms with Gasteiger partial charge in [0.2, 0.25) is 0 Å². The van der Waals surface area contributed by atoms with Crippen molar-refractivity contribution >= 4 is 11.7 Å². The number of hydrogen-bond acceptors (Lipinski definition) is 5. The molecular weight excluding hydrogens is 274 g/mol. The molecule has 0 aliphatic carbocycles. The van der Waals surface area contributed by atoms with E-state index in [1.54, 1.807) is 36.4 Å². The molecule has 0 amide bonds. The lowest BCUT2D eigenvalue weighted by Gasteiger charge is -2.09. The summed E-state index contributed by atoms with van der Waals surface area (Å²) in [6.07, 6.45) is 0. The summed E-state index contributed by atoms with van der Waals surface area (Å²) in [6, 6.07) is 12.9. The van der Waals surface area contributed by atoms with Crippen molar-refractivity contribution in [2.75, 3.05) is 7.11 Å². The van der Waals surface area contributed by atoms with E-state index in [1.165, 1.54) is 19.2 Å². The molecule has 6 heteroatoms. The fourth-order valence-corrected chi connectivity index (χ4v) is 1.84. The summed E-state index contributed by atoms with van der Waals surface area (Å²) in [7, 11) is 1.29. The molecule has 0 spiro atoms. The van der Waals surface area contributed by atoms with Crippen LogP contribution in [0, 0.1) is 10.1 Å². The predicted molar refractivity (Wildman–Crippen MR) is 75.2 cm³/mol. The fraction of sp³-hybridized carbons (Fsp3) is 0.133. The van der Waals surface area contributed by atoms with Gasteiger partial charge in [-0.05, 0) is 12.1 Å². The summed E-state index contributed by atoms with van der Waals surface area (Å²) < 4.78 is 10.2. The van der Waals surface area contributed by atoms with Crippen LogP contribution in [-0.4, -0.2) is 18.0 Å². The van der Waals surface area contributed by atoms with Crippen molar-refractivity contribution in [3.8, 4) is 5.75 Å². The van der Waals surface area contributed by atoms with Crippen molar-refractivity contribution < 1.29 is 19.2 Å². The molecule has 6 nitrogen and oxygen atoms in total. The summed E-state index contributed by atoms with van der Waals surface area (Å²) in [5, 5.41) is 10.9. The molecule has 2 aromatic carbocycles. The third-order valence-electron chi connectivity index (χ3n) is 2.87. The Morgan fingerprint density at radius 2 is 1.81 bits per heavy atom. The van der Waals surface area contributed by atoms with Gasteiger partial charge >= 0.3 is 11.7 Å². The van der Waals surface area contributed by atoms with Crippen LogP contribution >= 0.6 is 0 Å². The predicted octanol–water partition coefficient (Wildman–Crippen LogP) is 2.96. The first-order valence-corrected chi connectivity index (χ1v) is 6.16. The maximum atomic E-state index is 11.6. The van der Waals surface area contributed by atoms with E-state index in [1.807, 2.05) is 0 Å². The molecule has 0 aliphatic heterocycles. The summed E-state index contributed by atoms with van der Waals surface area (Å²) in [5.41, 5.74) is 0.856. The number of benzene rings is 2. The third-order valence-corrected chi connectivity index (χ3v) is 2.87. The minimum absolute atomic E-state index is 0.0378. The molecule has 0 saturated heterocycles. The van der Waals surface area contributed by atoms with Gasteiger partial charge in [-0.25, -0.2) is 4.79 Å². The molecular formula is C15H13NO5. The second kappa shape index (κ2) is 6.51. The number of esters is 1. The van der Waals surface area contributed by atoms with Crippen LogP contribution < -0.4 is 4.74 Å². The smallest absolute Gasteiger partial charge is 0.338 e. The van der Waals surface area contributed by atoms with Gasteiger partial charge in [-0.1, -0.05) is 30.3 Å². The standard InChI is InChI=1S/C15H13NO5/c1-20-15(17)12-7-3-2-6-11(12)10-21-14-9-5-4-8-13(14)16(18)19/h2-9H,10H2,1H3. The first kappa shape index (κ1) is 14.5. The molecule has 0 N–H and O–H groups in total. The van der Waals surface area contributed by atoms with E-state index in [9.17, 15) is 14.9 Å². The maximum Gasteiger partial charge on any atom is 0.338 e. The summed E-state index contributed by atoms with van der Waals surface area (Å²) in [4.78, 5) is 22.0. The molecule has 2 aromatic rings. The topological polar surface area (TPSA) is 78.7 Å². The van der Waals surface area contributed by atoms with Gasteiger partial charge in [-0.15, -0.1) is 0 Å². The number of rotatable bonds is 5. The second-order valence-electron chi connectivity index (χ2n) is 4.16. The zero-order valence-electron chi connectivity index (χ0n) is 11.3. The lowest BCUT2D eigenvalue weighted by atomic mass is 10.1. The van der Waals surface area contributed by atoms with Gasteiger partial charge in [0.05, 0.1) is 17.6 Å². The van der Waals surface area contributed by atoms with Crippen LogP contribution in [0.1, 0.15) is 15.9 Å².